The highest BCUT2D eigenvalue weighted by atomic mass is 16.5. The van der Waals surface area contributed by atoms with Gasteiger partial charge in [0.1, 0.15) is 5.69 Å². The summed E-state index contributed by atoms with van der Waals surface area (Å²) >= 11 is 0. The predicted octanol–water partition coefficient (Wildman–Crippen LogP) is 2.33. The molecule has 1 aliphatic rings. The van der Waals surface area contributed by atoms with Crippen LogP contribution in [0.25, 0.3) is 0 Å². The lowest BCUT2D eigenvalue weighted by Crippen LogP contribution is -2.24. The van der Waals surface area contributed by atoms with Crippen LogP contribution in [-0.4, -0.2) is 23.6 Å². The van der Waals surface area contributed by atoms with Crippen molar-refractivity contribution in [1.82, 2.24) is 4.57 Å². The Morgan fingerprint density at radius 2 is 2.00 bits per heavy atom. The fraction of sp³-hybridized carbons (Fsp3) is 0.571. The first kappa shape index (κ1) is 13.6. The minimum Gasteiger partial charge on any atom is -0.464 e. The summed E-state index contributed by atoms with van der Waals surface area (Å²) < 4.78 is 6.33. The highest BCUT2D eigenvalue weighted by Crippen LogP contribution is 2.25. The molecule has 104 valence electrons. The summed E-state index contributed by atoms with van der Waals surface area (Å²) in [6.07, 6.45) is 7.13. The molecule has 1 fully saturated rings. The van der Waals surface area contributed by atoms with E-state index in [1.807, 2.05) is 0 Å². The molecule has 1 aromatic heterocycles. The molecule has 0 saturated heterocycles. The molecule has 0 radical (unpaired) electrons. The molecule has 5 nitrogen and oxygen atoms in total. The van der Waals surface area contributed by atoms with Gasteiger partial charge in [-0.05, 0) is 18.9 Å². The normalized spacial score (nSPS) is 16.1. The number of nitrogens with zero attached hydrogens (tertiary/aromatic N) is 1. The van der Waals surface area contributed by atoms with Crippen molar-refractivity contribution in [2.24, 2.45) is 13.0 Å². The van der Waals surface area contributed by atoms with Gasteiger partial charge in [-0.25, -0.2) is 4.79 Å². The van der Waals surface area contributed by atoms with Crippen molar-refractivity contribution in [1.29, 1.82) is 0 Å². The zero-order valence-electron chi connectivity index (χ0n) is 11.4. The maximum absolute atomic E-state index is 12.1. The SMILES string of the molecule is COC(=O)c1cc(NC(=O)C2CCCCC2)cn1C. The fourth-order valence-corrected chi connectivity index (χ4v) is 2.55. The lowest BCUT2D eigenvalue weighted by Gasteiger charge is -2.20. The van der Waals surface area contributed by atoms with E-state index in [4.69, 9.17) is 0 Å². The highest BCUT2D eigenvalue weighted by molar-refractivity contribution is 5.95. The standard InChI is InChI=1S/C14H20N2O3/c1-16-9-11(8-12(16)14(18)19-2)15-13(17)10-6-4-3-5-7-10/h8-10H,3-7H2,1-2H3,(H,15,17). The second-order valence-electron chi connectivity index (χ2n) is 5.04. The molecule has 1 amide bonds. The van der Waals surface area contributed by atoms with E-state index in [0.29, 0.717) is 11.4 Å². The number of carbonyl (C=O) groups excluding carboxylic acids is 2. The van der Waals surface area contributed by atoms with Gasteiger partial charge >= 0.3 is 5.97 Å². The molecular formula is C14H20N2O3. The van der Waals surface area contributed by atoms with E-state index in [-0.39, 0.29) is 11.8 Å². The predicted molar refractivity (Wildman–Crippen MR) is 72.0 cm³/mol. The summed E-state index contributed by atoms with van der Waals surface area (Å²) in [5.41, 5.74) is 1.08. The van der Waals surface area contributed by atoms with Crippen LogP contribution in [0.3, 0.4) is 0 Å². The molecule has 1 heterocycles. The number of rotatable bonds is 3. The largest absolute Gasteiger partial charge is 0.464 e. The number of ether oxygens (including phenoxy) is 1. The molecule has 2 rings (SSSR count). The summed E-state index contributed by atoms with van der Waals surface area (Å²) in [5.74, 6) is -0.238. The van der Waals surface area contributed by atoms with E-state index in [1.165, 1.54) is 13.5 Å². The number of nitrogens with one attached hydrogen (secondary N) is 1. The average molecular weight is 264 g/mol. The average Bonchev–Trinajstić information content (AvgIpc) is 2.79. The van der Waals surface area contributed by atoms with Gasteiger partial charge in [0.15, 0.2) is 0 Å². The second kappa shape index (κ2) is 5.91. The molecule has 1 N–H and O–H groups in total. The summed E-state index contributed by atoms with van der Waals surface area (Å²) in [4.78, 5) is 23.6. The van der Waals surface area contributed by atoms with Crippen molar-refractivity contribution < 1.29 is 14.3 Å². The van der Waals surface area contributed by atoms with Crippen LogP contribution in [0.1, 0.15) is 42.6 Å². The number of carbonyl (C=O) groups is 2. The topological polar surface area (TPSA) is 60.3 Å². The monoisotopic (exact) mass is 264 g/mol. The highest BCUT2D eigenvalue weighted by Gasteiger charge is 2.22. The van der Waals surface area contributed by atoms with E-state index < -0.39 is 5.97 Å². The molecule has 0 aromatic carbocycles. The Kier molecular flexibility index (Phi) is 4.24. The molecular weight excluding hydrogens is 244 g/mol. The number of hydrogen-bond donors (Lipinski definition) is 1. The van der Waals surface area contributed by atoms with E-state index in [0.717, 1.165) is 25.7 Å². The van der Waals surface area contributed by atoms with Crippen molar-refractivity contribution in [3.63, 3.8) is 0 Å². The minimum atomic E-state index is -0.402. The van der Waals surface area contributed by atoms with E-state index in [9.17, 15) is 9.59 Å². The number of esters is 1. The Hall–Kier alpha value is -1.78. The van der Waals surface area contributed by atoms with E-state index in [2.05, 4.69) is 10.1 Å². The van der Waals surface area contributed by atoms with Gasteiger partial charge < -0.3 is 14.6 Å². The van der Waals surface area contributed by atoms with E-state index >= 15 is 0 Å². The van der Waals surface area contributed by atoms with Crippen LogP contribution in [0.15, 0.2) is 12.3 Å². The second-order valence-corrected chi connectivity index (χ2v) is 5.04. The van der Waals surface area contributed by atoms with Gasteiger partial charge in [0.2, 0.25) is 5.91 Å². The maximum atomic E-state index is 12.1. The molecule has 19 heavy (non-hydrogen) atoms. The first-order chi connectivity index (χ1) is 9.11. The van der Waals surface area contributed by atoms with Gasteiger partial charge in [-0.1, -0.05) is 19.3 Å². The van der Waals surface area contributed by atoms with Crippen molar-refractivity contribution in [2.75, 3.05) is 12.4 Å². The van der Waals surface area contributed by atoms with Crippen LogP contribution in [0.4, 0.5) is 5.69 Å². The molecule has 1 aliphatic carbocycles. The van der Waals surface area contributed by atoms with Crippen LogP contribution in [0, 0.1) is 5.92 Å². The third kappa shape index (κ3) is 3.16. The maximum Gasteiger partial charge on any atom is 0.354 e. The Labute approximate surface area is 112 Å². The molecule has 1 aromatic rings. The number of aryl methyl sites for hydroxylation is 1. The van der Waals surface area contributed by atoms with Gasteiger partial charge in [0, 0.05) is 19.2 Å². The summed E-state index contributed by atoms with van der Waals surface area (Å²) in [5, 5.41) is 2.88. The first-order valence-electron chi connectivity index (χ1n) is 6.67. The Morgan fingerprint density at radius 3 is 2.63 bits per heavy atom. The molecule has 0 bridgehead atoms. The van der Waals surface area contributed by atoms with Crippen molar-refractivity contribution in [2.45, 2.75) is 32.1 Å². The quantitative estimate of drug-likeness (QED) is 0.852. The van der Waals surface area contributed by atoms with Gasteiger partial charge in [0.25, 0.3) is 0 Å². The number of hydrogen-bond acceptors (Lipinski definition) is 3. The number of methoxy groups -OCH3 is 1. The number of aromatic nitrogens is 1. The van der Waals surface area contributed by atoms with Gasteiger partial charge in [-0.2, -0.15) is 0 Å². The lowest BCUT2D eigenvalue weighted by atomic mass is 9.88. The summed E-state index contributed by atoms with van der Waals surface area (Å²) in [7, 11) is 3.10. The Balaban J connectivity index is 2.02. The third-order valence-electron chi connectivity index (χ3n) is 3.64. The van der Waals surface area contributed by atoms with E-state index in [1.54, 1.807) is 23.9 Å². The van der Waals surface area contributed by atoms with Crippen LogP contribution < -0.4 is 5.32 Å². The smallest absolute Gasteiger partial charge is 0.354 e. The zero-order chi connectivity index (χ0) is 13.8. The lowest BCUT2D eigenvalue weighted by molar-refractivity contribution is -0.120. The molecule has 0 aliphatic heterocycles. The molecule has 1 saturated carbocycles. The van der Waals surface area contributed by atoms with Crippen LogP contribution in [0.2, 0.25) is 0 Å². The summed E-state index contributed by atoms with van der Waals surface area (Å²) in [6.45, 7) is 0. The minimum absolute atomic E-state index is 0.0571. The fourth-order valence-electron chi connectivity index (χ4n) is 2.55. The third-order valence-corrected chi connectivity index (χ3v) is 3.64. The molecule has 5 heteroatoms. The Morgan fingerprint density at radius 1 is 1.32 bits per heavy atom. The first-order valence-corrected chi connectivity index (χ1v) is 6.67. The van der Waals surface area contributed by atoms with Gasteiger partial charge in [-0.15, -0.1) is 0 Å². The zero-order valence-corrected chi connectivity index (χ0v) is 11.4. The van der Waals surface area contributed by atoms with Crippen molar-refractivity contribution in [3.05, 3.63) is 18.0 Å². The molecule has 0 atom stereocenters. The molecule has 0 unspecified atom stereocenters. The van der Waals surface area contributed by atoms with Gasteiger partial charge in [0.05, 0.1) is 12.8 Å². The number of amides is 1. The molecule has 0 spiro atoms. The van der Waals surface area contributed by atoms with Crippen molar-refractivity contribution >= 4 is 17.6 Å². The summed E-state index contributed by atoms with van der Waals surface area (Å²) in [6, 6.07) is 1.65. The van der Waals surface area contributed by atoms with Crippen LogP contribution in [-0.2, 0) is 16.6 Å². The Bertz CT molecular complexity index is 473. The van der Waals surface area contributed by atoms with Crippen LogP contribution >= 0.6 is 0 Å². The van der Waals surface area contributed by atoms with Gasteiger partial charge in [-0.3, -0.25) is 4.79 Å². The number of anilines is 1. The van der Waals surface area contributed by atoms with Crippen LogP contribution in [0.5, 0.6) is 0 Å². The van der Waals surface area contributed by atoms with Crippen molar-refractivity contribution in [3.8, 4) is 0 Å².